The SMILES string of the molecule is COc1ccc(CCN2C(=O)C(C#N)=C(C)/C(=C\c3cn(-c4ccccc4)nc3-c3ccc(S(=O)(=O)N4CCOCC4)cc3)C2=O)cc1OC. The number of rotatable bonds is 10. The lowest BCUT2D eigenvalue weighted by molar-refractivity contribution is -0.140. The molecule has 6 rings (SSSR count). The summed E-state index contributed by atoms with van der Waals surface area (Å²) in [5.74, 6) is -0.135. The third-order valence-corrected chi connectivity index (χ3v) is 10.6. The lowest BCUT2D eigenvalue weighted by Gasteiger charge is -2.27. The summed E-state index contributed by atoms with van der Waals surface area (Å²) in [6.07, 6.45) is 3.71. The molecule has 50 heavy (non-hydrogen) atoms. The van der Waals surface area contributed by atoms with Crippen LogP contribution in [0.4, 0.5) is 0 Å². The number of benzene rings is 3. The molecule has 4 aromatic rings. The van der Waals surface area contributed by atoms with Gasteiger partial charge in [0.25, 0.3) is 11.8 Å². The van der Waals surface area contributed by atoms with Gasteiger partial charge in [-0.25, -0.2) is 13.1 Å². The van der Waals surface area contributed by atoms with Gasteiger partial charge in [0.05, 0.1) is 43.7 Å². The standard InChI is InChI=1S/C37H35N5O7S/c1-25-31(36(43)41(37(44)32(25)23-38)16-15-26-9-14-33(47-2)34(21-26)48-3)22-28-24-42(29-7-5-4-6-8-29)39-35(28)27-10-12-30(13-11-27)50(45,46)40-17-19-49-20-18-40/h4-14,21-22,24H,15-20H2,1-3H3/b31-22+. The summed E-state index contributed by atoms with van der Waals surface area (Å²) in [5, 5.41) is 14.8. The molecule has 0 radical (unpaired) electrons. The van der Waals surface area contributed by atoms with E-state index in [2.05, 4.69) is 0 Å². The number of amides is 2. The van der Waals surface area contributed by atoms with E-state index in [9.17, 15) is 23.3 Å². The van der Waals surface area contributed by atoms with Gasteiger partial charge in [-0.15, -0.1) is 0 Å². The smallest absolute Gasteiger partial charge is 0.271 e. The highest BCUT2D eigenvalue weighted by Gasteiger charge is 2.35. The molecule has 13 heteroatoms. The maximum absolute atomic E-state index is 14.0. The molecule has 0 unspecified atom stereocenters. The van der Waals surface area contributed by atoms with Gasteiger partial charge in [-0.05, 0) is 67.0 Å². The summed E-state index contributed by atoms with van der Waals surface area (Å²) in [7, 11) is -0.652. The van der Waals surface area contributed by atoms with E-state index in [0.29, 0.717) is 48.0 Å². The summed E-state index contributed by atoms with van der Waals surface area (Å²) in [6, 6.07) is 23.2. The lowest BCUT2D eigenvalue weighted by atomic mass is 9.93. The van der Waals surface area contributed by atoms with Crippen LogP contribution in [0.2, 0.25) is 0 Å². The van der Waals surface area contributed by atoms with Crippen molar-refractivity contribution in [1.82, 2.24) is 19.0 Å². The Bertz CT molecular complexity index is 2140. The Morgan fingerprint density at radius 1 is 0.940 bits per heavy atom. The molecule has 1 aromatic heterocycles. The van der Waals surface area contributed by atoms with Crippen molar-refractivity contribution in [2.75, 3.05) is 47.1 Å². The first-order chi connectivity index (χ1) is 24.2. The number of morpholine rings is 1. The Hall–Kier alpha value is -5.55. The number of nitrogens with zero attached hydrogens (tertiary/aromatic N) is 5. The number of sulfonamides is 1. The Morgan fingerprint density at radius 2 is 1.64 bits per heavy atom. The van der Waals surface area contributed by atoms with Crippen molar-refractivity contribution < 1.29 is 32.2 Å². The summed E-state index contributed by atoms with van der Waals surface area (Å²) < 4.78 is 45.6. The molecule has 12 nitrogen and oxygen atoms in total. The predicted octanol–water partition coefficient (Wildman–Crippen LogP) is 4.41. The molecule has 2 aliphatic heterocycles. The quantitative estimate of drug-likeness (QED) is 0.174. The van der Waals surface area contributed by atoms with E-state index in [0.717, 1.165) is 16.2 Å². The van der Waals surface area contributed by atoms with Gasteiger partial charge in [0, 0.05) is 42.5 Å². The zero-order valence-electron chi connectivity index (χ0n) is 27.8. The number of aromatic nitrogens is 2. The number of imide groups is 1. The van der Waals surface area contributed by atoms with Gasteiger partial charge in [0.2, 0.25) is 10.0 Å². The molecule has 1 saturated heterocycles. The van der Waals surface area contributed by atoms with Crippen LogP contribution in [0.25, 0.3) is 23.0 Å². The number of nitriles is 1. The molecule has 0 aliphatic carbocycles. The minimum atomic E-state index is -3.72. The largest absolute Gasteiger partial charge is 0.493 e. The van der Waals surface area contributed by atoms with Gasteiger partial charge < -0.3 is 14.2 Å². The van der Waals surface area contributed by atoms with Crippen molar-refractivity contribution in [3.05, 3.63) is 107 Å². The first-order valence-corrected chi connectivity index (χ1v) is 17.3. The van der Waals surface area contributed by atoms with Crippen LogP contribution in [-0.2, 0) is 30.8 Å². The third kappa shape index (κ3) is 6.69. The zero-order valence-corrected chi connectivity index (χ0v) is 28.6. The second-order valence-corrected chi connectivity index (χ2v) is 13.6. The average Bonchev–Trinajstić information content (AvgIpc) is 3.58. The van der Waals surface area contributed by atoms with Crippen LogP contribution < -0.4 is 9.47 Å². The molecular weight excluding hydrogens is 659 g/mol. The molecule has 2 amide bonds. The average molecular weight is 694 g/mol. The zero-order chi connectivity index (χ0) is 35.4. The Kier molecular flexibility index (Phi) is 9.96. The fourth-order valence-corrected chi connectivity index (χ4v) is 7.32. The molecular formula is C37H35N5O7S. The normalized spacial score (nSPS) is 16.5. The molecule has 1 fully saturated rings. The summed E-state index contributed by atoms with van der Waals surface area (Å²) in [4.78, 5) is 28.7. The van der Waals surface area contributed by atoms with Crippen molar-refractivity contribution in [3.8, 4) is 34.5 Å². The van der Waals surface area contributed by atoms with Crippen molar-refractivity contribution in [3.63, 3.8) is 0 Å². The van der Waals surface area contributed by atoms with Crippen LogP contribution in [0.3, 0.4) is 0 Å². The molecule has 0 saturated carbocycles. The highest BCUT2D eigenvalue weighted by atomic mass is 32.2. The topological polar surface area (TPSA) is 144 Å². The van der Waals surface area contributed by atoms with E-state index in [1.165, 1.54) is 30.7 Å². The van der Waals surface area contributed by atoms with E-state index < -0.39 is 21.8 Å². The second-order valence-electron chi connectivity index (χ2n) is 11.6. The van der Waals surface area contributed by atoms with E-state index >= 15 is 0 Å². The number of carbonyl (C=O) groups is 2. The van der Waals surface area contributed by atoms with Crippen molar-refractivity contribution in [2.45, 2.75) is 18.2 Å². The minimum absolute atomic E-state index is 0.0260. The Labute approximate surface area is 290 Å². The van der Waals surface area contributed by atoms with Crippen LogP contribution in [0.15, 0.2) is 101 Å². The van der Waals surface area contributed by atoms with E-state index in [-0.39, 0.29) is 41.2 Å². The molecule has 0 bridgehead atoms. The summed E-state index contributed by atoms with van der Waals surface area (Å²) in [5.41, 5.74) is 3.50. The first kappa shape index (κ1) is 34.3. The number of methoxy groups -OCH3 is 2. The molecule has 3 heterocycles. The number of para-hydroxylation sites is 1. The predicted molar refractivity (Wildman–Crippen MR) is 185 cm³/mol. The molecule has 0 atom stereocenters. The molecule has 0 N–H and O–H groups in total. The molecule has 2 aliphatic rings. The van der Waals surface area contributed by atoms with Gasteiger partial charge in [-0.1, -0.05) is 36.4 Å². The van der Waals surface area contributed by atoms with E-state index in [1.807, 2.05) is 42.5 Å². The van der Waals surface area contributed by atoms with E-state index in [1.54, 1.807) is 48.1 Å². The third-order valence-electron chi connectivity index (χ3n) is 8.70. The summed E-state index contributed by atoms with van der Waals surface area (Å²) in [6.45, 7) is 2.85. The van der Waals surface area contributed by atoms with Crippen LogP contribution >= 0.6 is 0 Å². The van der Waals surface area contributed by atoms with Gasteiger partial charge in [0.15, 0.2) is 11.5 Å². The monoisotopic (exact) mass is 693 g/mol. The second kappa shape index (κ2) is 14.5. The van der Waals surface area contributed by atoms with E-state index in [4.69, 9.17) is 19.3 Å². The van der Waals surface area contributed by atoms with Gasteiger partial charge in [-0.2, -0.15) is 14.7 Å². The maximum Gasteiger partial charge on any atom is 0.271 e. The van der Waals surface area contributed by atoms with Crippen LogP contribution in [0.1, 0.15) is 18.1 Å². The highest BCUT2D eigenvalue weighted by molar-refractivity contribution is 7.89. The Balaban J connectivity index is 1.38. The van der Waals surface area contributed by atoms with Gasteiger partial charge in [0.1, 0.15) is 11.6 Å². The molecule has 0 spiro atoms. The van der Waals surface area contributed by atoms with Crippen molar-refractivity contribution in [2.24, 2.45) is 0 Å². The van der Waals surface area contributed by atoms with Crippen LogP contribution in [0, 0.1) is 11.3 Å². The minimum Gasteiger partial charge on any atom is -0.493 e. The van der Waals surface area contributed by atoms with Crippen molar-refractivity contribution in [1.29, 1.82) is 5.26 Å². The number of hydrogen-bond acceptors (Lipinski definition) is 9. The van der Waals surface area contributed by atoms with Gasteiger partial charge >= 0.3 is 0 Å². The first-order valence-electron chi connectivity index (χ1n) is 15.9. The maximum atomic E-state index is 14.0. The van der Waals surface area contributed by atoms with Crippen LogP contribution in [0.5, 0.6) is 11.5 Å². The Morgan fingerprint density at radius 3 is 2.30 bits per heavy atom. The van der Waals surface area contributed by atoms with Crippen LogP contribution in [-0.4, -0.2) is 86.3 Å². The van der Waals surface area contributed by atoms with Gasteiger partial charge in [-0.3, -0.25) is 14.5 Å². The number of ether oxygens (including phenoxy) is 3. The lowest BCUT2D eigenvalue weighted by Crippen LogP contribution is -2.43. The van der Waals surface area contributed by atoms with Crippen molar-refractivity contribution >= 4 is 27.9 Å². The summed E-state index contributed by atoms with van der Waals surface area (Å²) >= 11 is 0. The fourth-order valence-electron chi connectivity index (χ4n) is 5.92. The fraction of sp³-hybridized carbons (Fsp3) is 0.243. The number of carbonyl (C=O) groups excluding carboxylic acids is 2. The number of hydrogen-bond donors (Lipinski definition) is 0. The molecule has 256 valence electrons. The highest BCUT2D eigenvalue weighted by Crippen LogP contribution is 2.33. The molecule has 3 aromatic carbocycles.